The zero-order valence-electron chi connectivity index (χ0n) is 37.6. The fourth-order valence-electron chi connectivity index (χ4n) is 11.8. The van der Waals surface area contributed by atoms with Crippen molar-refractivity contribution in [1.82, 2.24) is 0 Å². The summed E-state index contributed by atoms with van der Waals surface area (Å²) >= 11 is 1.89. The van der Waals surface area contributed by atoms with Gasteiger partial charge in [0.1, 0.15) is 0 Å². The predicted molar refractivity (Wildman–Crippen MR) is 283 cm³/mol. The molecule has 11 aromatic rings. The molecule has 0 fully saturated rings. The van der Waals surface area contributed by atoms with Gasteiger partial charge in [-0.15, -0.1) is 11.3 Å². The molecule has 0 saturated heterocycles. The maximum atomic E-state index is 2.45. The van der Waals surface area contributed by atoms with Crippen LogP contribution in [-0.4, -0.2) is 0 Å². The minimum Gasteiger partial charge on any atom is -0.310 e. The molecule has 0 atom stereocenters. The summed E-state index contributed by atoms with van der Waals surface area (Å²) in [6.07, 6.45) is 0. The summed E-state index contributed by atoms with van der Waals surface area (Å²) in [4.78, 5) is 2.45. The van der Waals surface area contributed by atoms with E-state index < -0.39 is 0 Å². The van der Waals surface area contributed by atoms with Gasteiger partial charge in [0, 0.05) is 48.1 Å². The van der Waals surface area contributed by atoms with Gasteiger partial charge in [-0.1, -0.05) is 198 Å². The average molecular weight is 862 g/mol. The number of anilines is 3. The lowest BCUT2D eigenvalue weighted by Crippen LogP contribution is -2.16. The van der Waals surface area contributed by atoms with Gasteiger partial charge in [-0.25, -0.2) is 0 Å². The third kappa shape index (κ3) is 5.65. The fraction of sp³-hybridized carbons (Fsp3) is 0.0938. The number of rotatable bonds is 6. The van der Waals surface area contributed by atoms with Gasteiger partial charge in [-0.3, -0.25) is 0 Å². The van der Waals surface area contributed by atoms with E-state index in [1.165, 1.54) is 109 Å². The van der Waals surface area contributed by atoms with E-state index in [0.717, 1.165) is 17.1 Å². The van der Waals surface area contributed by atoms with Crippen LogP contribution in [0.25, 0.3) is 86.6 Å². The Kier molecular flexibility index (Phi) is 8.54. The molecule has 66 heavy (non-hydrogen) atoms. The molecule has 0 radical (unpaired) electrons. The highest BCUT2D eigenvalue weighted by Crippen LogP contribution is 2.58. The van der Waals surface area contributed by atoms with Crippen molar-refractivity contribution in [3.05, 3.63) is 235 Å². The lowest BCUT2D eigenvalue weighted by molar-refractivity contribution is 0.660. The fourth-order valence-corrected chi connectivity index (χ4v) is 13.0. The molecule has 2 aliphatic rings. The second-order valence-corrected chi connectivity index (χ2v) is 20.2. The highest BCUT2D eigenvalue weighted by Gasteiger charge is 2.40. The van der Waals surface area contributed by atoms with Crippen LogP contribution in [0, 0.1) is 0 Å². The van der Waals surface area contributed by atoms with Crippen LogP contribution in [0.4, 0.5) is 17.1 Å². The van der Waals surface area contributed by atoms with Crippen molar-refractivity contribution in [3.8, 4) is 55.6 Å². The van der Waals surface area contributed by atoms with Gasteiger partial charge in [0.25, 0.3) is 0 Å². The summed E-state index contributed by atoms with van der Waals surface area (Å²) < 4.78 is 2.66. The van der Waals surface area contributed by atoms with Crippen LogP contribution >= 0.6 is 11.3 Å². The van der Waals surface area contributed by atoms with Gasteiger partial charge < -0.3 is 4.90 Å². The number of hydrogen-bond donors (Lipinski definition) is 0. The smallest absolute Gasteiger partial charge is 0.0465 e. The summed E-state index contributed by atoms with van der Waals surface area (Å²) in [5.41, 5.74) is 21.5. The Morgan fingerprint density at radius 2 is 0.864 bits per heavy atom. The summed E-state index contributed by atoms with van der Waals surface area (Å²) in [6, 6.07) is 79.4. The Labute approximate surface area is 390 Å². The van der Waals surface area contributed by atoms with Crippen LogP contribution in [0.2, 0.25) is 0 Å². The van der Waals surface area contributed by atoms with Gasteiger partial charge in [0.2, 0.25) is 0 Å². The maximum Gasteiger partial charge on any atom is 0.0465 e. The third-order valence-electron chi connectivity index (χ3n) is 14.9. The summed E-state index contributed by atoms with van der Waals surface area (Å²) in [6.45, 7) is 9.54. The molecule has 2 aliphatic carbocycles. The van der Waals surface area contributed by atoms with Crippen molar-refractivity contribution in [2.75, 3.05) is 4.90 Å². The zero-order valence-corrected chi connectivity index (χ0v) is 38.4. The number of fused-ring (bicyclic) bond motifs is 11. The third-order valence-corrected chi connectivity index (χ3v) is 16.1. The van der Waals surface area contributed by atoms with Gasteiger partial charge in [0.15, 0.2) is 0 Å². The highest BCUT2D eigenvalue weighted by molar-refractivity contribution is 7.26. The monoisotopic (exact) mass is 861 g/mol. The summed E-state index contributed by atoms with van der Waals surface area (Å²) in [5.74, 6) is 0. The SMILES string of the molecule is CC1(C)c2ccccc2-c2ccc(N(c3ccc(-c4c(-c5ccccc5)c5c(c6ccccc46)C(C)(C)c4ccccc4-5)cc3)c3ccc(-c4cccc5c4sc4ccccc45)cc3)cc21. The molecule has 0 saturated carbocycles. The second kappa shape index (κ2) is 14.5. The molecule has 13 rings (SSSR count). The van der Waals surface area contributed by atoms with E-state index in [1.807, 2.05) is 11.3 Å². The van der Waals surface area contributed by atoms with Crippen molar-refractivity contribution in [2.24, 2.45) is 0 Å². The lowest BCUT2D eigenvalue weighted by Gasteiger charge is -2.29. The van der Waals surface area contributed by atoms with Gasteiger partial charge in [-0.05, 0) is 131 Å². The topological polar surface area (TPSA) is 3.24 Å². The number of thiophene rings is 1. The molecular formula is C64H47NS. The minimum atomic E-state index is -0.149. The summed E-state index contributed by atoms with van der Waals surface area (Å²) in [7, 11) is 0. The molecular weight excluding hydrogens is 815 g/mol. The van der Waals surface area contributed by atoms with Crippen molar-refractivity contribution in [3.63, 3.8) is 0 Å². The Morgan fingerprint density at radius 1 is 0.333 bits per heavy atom. The van der Waals surface area contributed by atoms with Crippen LogP contribution in [0.5, 0.6) is 0 Å². The lowest BCUT2D eigenvalue weighted by atomic mass is 9.77. The summed E-state index contributed by atoms with van der Waals surface area (Å²) in [5, 5.41) is 5.25. The standard InChI is InChI=1S/C64H47NS/c1-63(2)54-26-13-10-19-47(54)48-38-37-45(39-56(48)63)65(43-33-29-40(30-34-43)46-24-16-25-52-49-20-12-15-28-57(49)66-62(46)52)44-35-31-42(32-36-44)58-50-21-8-9-22-51(50)61-60(59(58)41-17-6-5-7-18-41)53-23-11-14-27-55(53)64(61,3)4/h5-39H,1-4H3. The number of benzene rings is 10. The Hall–Kier alpha value is -7.52. The van der Waals surface area contributed by atoms with Crippen molar-refractivity contribution in [1.29, 1.82) is 0 Å². The van der Waals surface area contributed by atoms with Gasteiger partial charge in [-0.2, -0.15) is 0 Å². The van der Waals surface area contributed by atoms with Crippen molar-refractivity contribution < 1.29 is 0 Å². The Morgan fingerprint density at radius 3 is 1.61 bits per heavy atom. The first kappa shape index (κ1) is 38.9. The molecule has 0 aliphatic heterocycles. The molecule has 0 spiro atoms. The molecule has 1 aromatic heterocycles. The van der Waals surface area contributed by atoms with Gasteiger partial charge >= 0.3 is 0 Å². The van der Waals surface area contributed by atoms with E-state index >= 15 is 0 Å². The predicted octanol–water partition coefficient (Wildman–Crippen LogP) is 18.3. The molecule has 0 unspecified atom stereocenters. The number of nitrogens with zero attached hydrogens (tertiary/aromatic N) is 1. The first-order valence-electron chi connectivity index (χ1n) is 23.2. The molecule has 0 amide bonds. The van der Waals surface area contributed by atoms with Gasteiger partial charge in [0.05, 0.1) is 0 Å². The number of hydrogen-bond acceptors (Lipinski definition) is 2. The molecule has 1 nitrogen and oxygen atoms in total. The van der Waals surface area contributed by atoms with Crippen LogP contribution in [-0.2, 0) is 10.8 Å². The first-order valence-corrected chi connectivity index (χ1v) is 24.0. The van der Waals surface area contributed by atoms with Crippen LogP contribution < -0.4 is 4.90 Å². The first-order chi connectivity index (χ1) is 32.3. The van der Waals surface area contributed by atoms with Crippen LogP contribution in [0.3, 0.4) is 0 Å². The van der Waals surface area contributed by atoms with E-state index in [-0.39, 0.29) is 10.8 Å². The van der Waals surface area contributed by atoms with Crippen molar-refractivity contribution in [2.45, 2.75) is 38.5 Å². The van der Waals surface area contributed by atoms with E-state index in [9.17, 15) is 0 Å². The molecule has 1 heterocycles. The second-order valence-electron chi connectivity index (χ2n) is 19.2. The van der Waals surface area contributed by atoms with E-state index in [1.54, 1.807) is 0 Å². The highest BCUT2D eigenvalue weighted by atomic mass is 32.1. The maximum absolute atomic E-state index is 2.45. The largest absolute Gasteiger partial charge is 0.310 e. The van der Waals surface area contributed by atoms with E-state index in [0.29, 0.717) is 0 Å². The normalized spacial score (nSPS) is 14.0. The van der Waals surface area contributed by atoms with Crippen molar-refractivity contribution >= 4 is 59.3 Å². The average Bonchev–Trinajstić information content (AvgIpc) is 3.94. The zero-order chi connectivity index (χ0) is 44.3. The minimum absolute atomic E-state index is 0.125. The molecule has 0 bridgehead atoms. The van der Waals surface area contributed by atoms with Crippen LogP contribution in [0.15, 0.2) is 212 Å². The van der Waals surface area contributed by atoms with Crippen LogP contribution in [0.1, 0.15) is 49.9 Å². The molecule has 10 aromatic carbocycles. The molecule has 314 valence electrons. The Balaban J connectivity index is 0.992. The molecule has 0 N–H and O–H groups in total. The molecule has 2 heteroatoms. The van der Waals surface area contributed by atoms with E-state index in [2.05, 4.69) is 245 Å². The quantitative estimate of drug-likeness (QED) is 0.161. The Bertz CT molecular complexity index is 3740. The van der Waals surface area contributed by atoms with E-state index in [4.69, 9.17) is 0 Å².